The number of rotatable bonds is 6. The summed E-state index contributed by atoms with van der Waals surface area (Å²) in [5.74, 6) is 0.710. The van der Waals surface area contributed by atoms with Gasteiger partial charge in [-0.2, -0.15) is 0 Å². The fourth-order valence-electron chi connectivity index (χ4n) is 6.14. The fraction of sp³-hybridized carbons (Fsp3) is 0.0465. The molecule has 0 atom stereocenters. The number of hydrogen-bond acceptors (Lipinski definition) is 3. The van der Waals surface area contributed by atoms with Crippen molar-refractivity contribution in [3.05, 3.63) is 170 Å². The largest absolute Gasteiger partial charge is 0.263 e. The van der Waals surface area contributed by atoms with Gasteiger partial charge in [-0.25, -0.2) is 9.97 Å². The Morgan fingerprint density at radius 3 is 1.74 bits per heavy atom. The zero-order valence-electron chi connectivity index (χ0n) is 25.3. The minimum absolute atomic E-state index is 0.710. The highest BCUT2D eigenvalue weighted by Gasteiger charge is 2.13. The molecule has 46 heavy (non-hydrogen) atoms. The maximum atomic E-state index is 5.11. The predicted octanol–water partition coefficient (Wildman–Crippen LogP) is 11.1. The van der Waals surface area contributed by atoms with Gasteiger partial charge in [0.25, 0.3) is 0 Å². The third-order valence-electron chi connectivity index (χ3n) is 8.65. The molecule has 0 saturated heterocycles. The first-order valence-electron chi connectivity index (χ1n) is 15.7. The average molecular weight is 590 g/mol. The van der Waals surface area contributed by atoms with Gasteiger partial charge in [-0.1, -0.05) is 146 Å². The van der Waals surface area contributed by atoms with Gasteiger partial charge < -0.3 is 0 Å². The molecule has 3 nitrogen and oxygen atoms in total. The lowest BCUT2D eigenvalue weighted by molar-refractivity contribution is 1.04. The van der Waals surface area contributed by atoms with E-state index in [0.29, 0.717) is 5.82 Å². The maximum Gasteiger partial charge on any atom is 0.160 e. The van der Waals surface area contributed by atoms with Crippen LogP contribution in [0, 0.1) is 0 Å². The lowest BCUT2D eigenvalue weighted by Crippen LogP contribution is -1.96. The van der Waals surface area contributed by atoms with Gasteiger partial charge >= 0.3 is 0 Å². The summed E-state index contributed by atoms with van der Waals surface area (Å²) in [5.41, 5.74) is 12.0. The molecular weight excluding hydrogens is 558 g/mol. The van der Waals surface area contributed by atoms with Crippen LogP contribution in [0.1, 0.15) is 18.4 Å². The molecule has 0 fully saturated rings. The van der Waals surface area contributed by atoms with Gasteiger partial charge in [0.15, 0.2) is 5.82 Å². The molecule has 218 valence electrons. The molecule has 2 aromatic heterocycles. The van der Waals surface area contributed by atoms with E-state index in [9.17, 15) is 0 Å². The number of fused-ring (bicyclic) bond motifs is 1. The van der Waals surface area contributed by atoms with E-state index in [0.717, 1.165) is 57.4 Å². The first kappa shape index (κ1) is 27.6. The third kappa shape index (κ3) is 5.55. The van der Waals surface area contributed by atoms with Crippen molar-refractivity contribution < 1.29 is 0 Å². The van der Waals surface area contributed by atoms with Crippen LogP contribution in [0.3, 0.4) is 0 Å². The van der Waals surface area contributed by atoms with Crippen LogP contribution < -0.4 is 0 Å². The summed E-state index contributed by atoms with van der Waals surface area (Å²) in [6.45, 7) is 0. The SMILES string of the molecule is C1=CC(c2ccc(-c3nc(-c4ccc(-c5ccccc5)cc4)cc(-c4ccc(-c5cncc6ccccc56)cc4)n3)cc2)=CCC1. The molecule has 7 aromatic rings. The summed E-state index contributed by atoms with van der Waals surface area (Å²) >= 11 is 0. The molecule has 0 N–H and O–H groups in total. The van der Waals surface area contributed by atoms with Crippen LogP contribution in [0.15, 0.2) is 164 Å². The van der Waals surface area contributed by atoms with E-state index in [1.54, 1.807) is 0 Å². The molecule has 5 aromatic carbocycles. The van der Waals surface area contributed by atoms with Crippen LogP contribution in [0.25, 0.3) is 72.5 Å². The normalized spacial score (nSPS) is 12.7. The highest BCUT2D eigenvalue weighted by molar-refractivity contribution is 5.96. The summed E-state index contributed by atoms with van der Waals surface area (Å²) in [5, 5.41) is 2.33. The molecule has 0 aliphatic heterocycles. The van der Waals surface area contributed by atoms with Crippen molar-refractivity contribution in [2.45, 2.75) is 12.8 Å². The highest BCUT2D eigenvalue weighted by Crippen LogP contribution is 2.33. The maximum absolute atomic E-state index is 5.11. The van der Waals surface area contributed by atoms with Gasteiger partial charge in [-0.3, -0.25) is 4.98 Å². The Bertz CT molecular complexity index is 2210. The summed E-state index contributed by atoms with van der Waals surface area (Å²) in [6, 6.07) is 46.8. The van der Waals surface area contributed by atoms with Crippen LogP contribution in [-0.2, 0) is 0 Å². The first-order valence-corrected chi connectivity index (χ1v) is 15.7. The zero-order chi connectivity index (χ0) is 30.7. The van der Waals surface area contributed by atoms with Gasteiger partial charge in [-0.05, 0) is 52.1 Å². The number of pyridine rings is 1. The van der Waals surface area contributed by atoms with Gasteiger partial charge in [0, 0.05) is 40.0 Å². The summed E-state index contributed by atoms with van der Waals surface area (Å²) in [6.07, 6.45) is 12.8. The van der Waals surface area contributed by atoms with Crippen molar-refractivity contribution in [3.8, 4) is 56.2 Å². The van der Waals surface area contributed by atoms with Crippen molar-refractivity contribution in [2.75, 3.05) is 0 Å². The quantitative estimate of drug-likeness (QED) is 0.194. The minimum Gasteiger partial charge on any atom is -0.263 e. The van der Waals surface area contributed by atoms with Gasteiger partial charge in [0.2, 0.25) is 0 Å². The second kappa shape index (κ2) is 12.2. The number of nitrogens with zero attached hydrogens (tertiary/aromatic N) is 3. The third-order valence-corrected chi connectivity index (χ3v) is 8.65. The molecule has 0 saturated carbocycles. The monoisotopic (exact) mass is 589 g/mol. The summed E-state index contributed by atoms with van der Waals surface area (Å²) in [7, 11) is 0. The second-order valence-corrected chi connectivity index (χ2v) is 11.6. The Morgan fingerprint density at radius 1 is 0.457 bits per heavy atom. The fourth-order valence-corrected chi connectivity index (χ4v) is 6.14. The topological polar surface area (TPSA) is 38.7 Å². The van der Waals surface area contributed by atoms with Crippen LogP contribution in [0.5, 0.6) is 0 Å². The van der Waals surface area contributed by atoms with Crippen molar-refractivity contribution in [3.63, 3.8) is 0 Å². The van der Waals surface area contributed by atoms with Crippen LogP contribution in [0.2, 0.25) is 0 Å². The standard InChI is InChI=1S/C43H31N3/c1-3-9-30(10-4-1)32-15-21-35(22-16-32)41-27-42(46-43(45-41)37-25-17-33(18-26-37)31-11-5-2-6-12-31)36-23-19-34(20-24-36)40-29-44-28-38-13-7-8-14-39(38)40/h1,3-5,7-29H,2,6H2. The molecule has 8 rings (SSSR count). The van der Waals surface area contributed by atoms with E-state index >= 15 is 0 Å². The number of benzene rings is 5. The van der Waals surface area contributed by atoms with E-state index in [-0.39, 0.29) is 0 Å². The minimum atomic E-state index is 0.710. The van der Waals surface area contributed by atoms with Crippen molar-refractivity contribution >= 4 is 16.3 Å². The number of aromatic nitrogens is 3. The molecule has 0 radical (unpaired) electrons. The van der Waals surface area contributed by atoms with Crippen molar-refractivity contribution in [1.82, 2.24) is 15.0 Å². The van der Waals surface area contributed by atoms with Crippen LogP contribution >= 0.6 is 0 Å². The second-order valence-electron chi connectivity index (χ2n) is 11.6. The van der Waals surface area contributed by atoms with Gasteiger partial charge in [0.1, 0.15) is 0 Å². The molecule has 0 spiro atoms. The molecular formula is C43H31N3. The molecule has 0 bridgehead atoms. The Balaban J connectivity index is 1.19. The summed E-state index contributed by atoms with van der Waals surface area (Å²) in [4.78, 5) is 14.7. The summed E-state index contributed by atoms with van der Waals surface area (Å²) < 4.78 is 0. The Kier molecular flexibility index (Phi) is 7.33. The zero-order valence-corrected chi connectivity index (χ0v) is 25.3. The lowest BCUT2D eigenvalue weighted by Gasteiger charge is -2.12. The Hall–Kier alpha value is -5.93. The van der Waals surface area contributed by atoms with E-state index in [4.69, 9.17) is 9.97 Å². The molecule has 2 heterocycles. The molecule has 1 aliphatic carbocycles. The number of allylic oxidation sites excluding steroid dienone is 4. The van der Waals surface area contributed by atoms with Crippen LogP contribution in [-0.4, -0.2) is 15.0 Å². The smallest absolute Gasteiger partial charge is 0.160 e. The Morgan fingerprint density at radius 2 is 1.04 bits per heavy atom. The molecule has 0 unspecified atom stereocenters. The number of hydrogen-bond donors (Lipinski definition) is 0. The molecule has 1 aliphatic rings. The Labute approximate surface area is 269 Å². The van der Waals surface area contributed by atoms with E-state index in [1.165, 1.54) is 27.6 Å². The lowest BCUT2D eigenvalue weighted by atomic mass is 9.98. The van der Waals surface area contributed by atoms with Crippen LogP contribution in [0.4, 0.5) is 0 Å². The molecule has 3 heteroatoms. The van der Waals surface area contributed by atoms with Crippen molar-refractivity contribution in [1.29, 1.82) is 0 Å². The van der Waals surface area contributed by atoms with E-state index in [2.05, 4.69) is 145 Å². The highest BCUT2D eigenvalue weighted by atomic mass is 14.9. The molecule has 0 amide bonds. The average Bonchev–Trinajstić information content (AvgIpc) is 3.15. The first-order chi connectivity index (χ1) is 22.8. The predicted molar refractivity (Wildman–Crippen MR) is 191 cm³/mol. The van der Waals surface area contributed by atoms with Gasteiger partial charge in [0.05, 0.1) is 11.4 Å². The van der Waals surface area contributed by atoms with Crippen molar-refractivity contribution in [2.24, 2.45) is 0 Å². The van der Waals surface area contributed by atoms with E-state index in [1.807, 2.05) is 24.5 Å². The van der Waals surface area contributed by atoms with Gasteiger partial charge in [-0.15, -0.1) is 0 Å². The van der Waals surface area contributed by atoms with E-state index < -0.39 is 0 Å².